The minimum absolute atomic E-state index is 0.188. The summed E-state index contributed by atoms with van der Waals surface area (Å²) in [7, 11) is 0. The second kappa shape index (κ2) is 6.11. The third-order valence-electron chi connectivity index (χ3n) is 3.53. The van der Waals surface area contributed by atoms with Gasteiger partial charge in [0.1, 0.15) is 0 Å². The molecule has 0 saturated heterocycles. The Morgan fingerprint density at radius 2 is 1.73 bits per heavy atom. The first-order valence-corrected chi connectivity index (χ1v) is 7.71. The van der Waals surface area contributed by atoms with Crippen molar-refractivity contribution in [2.24, 2.45) is 5.10 Å². The van der Waals surface area contributed by atoms with Crippen molar-refractivity contribution in [3.63, 3.8) is 0 Å². The van der Waals surface area contributed by atoms with Crippen molar-refractivity contribution in [1.82, 2.24) is 5.01 Å². The van der Waals surface area contributed by atoms with E-state index in [4.69, 9.17) is 23.2 Å². The molecule has 0 aliphatic carbocycles. The second-order valence-corrected chi connectivity index (χ2v) is 6.12. The minimum atomic E-state index is -0.188. The maximum atomic E-state index is 12.5. The zero-order chi connectivity index (χ0) is 15.7. The van der Waals surface area contributed by atoms with Gasteiger partial charge in [0.25, 0.3) is 5.91 Å². The van der Waals surface area contributed by atoms with E-state index in [1.165, 1.54) is 10.6 Å². The van der Waals surface area contributed by atoms with Gasteiger partial charge < -0.3 is 0 Å². The number of carbonyl (C=O) groups excluding carboxylic acids is 1. The third kappa shape index (κ3) is 3.16. The number of rotatable bonds is 2. The van der Waals surface area contributed by atoms with Crippen LogP contribution in [0.1, 0.15) is 27.9 Å². The topological polar surface area (TPSA) is 32.7 Å². The van der Waals surface area contributed by atoms with Crippen molar-refractivity contribution in [2.45, 2.75) is 13.3 Å². The lowest BCUT2D eigenvalue weighted by molar-refractivity contribution is 0.0778. The SMILES string of the molecule is Cc1ccc(C2=NN(C(=O)c3cc(Cl)cc(Cl)c3)CC2)cc1. The number of aryl methyl sites for hydroxylation is 1. The van der Waals surface area contributed by atoms with Crippen molar-refractivity contribution in [3.05, 3.63) is 69.2 Å². The second-order valence-electron chi connectivity index (χ2n) is 5.25. The van der Waals surface area contributed by atoms with Gasteiger partial charge in [-0.2, -0.15) is 5.10 Å². The third-order valence-corrected chi connectivity index (χ3v) is 3.97. The van der Waals surface area contributed by atoms with Crippen LogP contribution in [0.5, 0.6) is 0 Å². The van der Waals surface area contributed by atoms with Crippen LogP contribution in [0.15, 0.2) is 47.6 Å². The molecule has 0 aromatic heterocycles. The Kier molecular flexibility index (Phi) is 4.19. The highest BCUT2D eigenvalue weighted by molar-refractivity contribution is 6.35. The molecule has 0 saturated carbocycles. The molecule has 3 rings (SSSR count). The summed E-state index contributed by atoms with van der Waals surface area (Å²) in [6.45, 7) is 2.60. The van der Waals surface area contributed by atoms with E-state index < -0.39 is 0 Å². The van der Waals surface area contributed by atoms with E-state index in [-0.39, 0.29) is 5.91 Å². The highest BCUT2D eigenvalue weighted by Gasteiger charge is 2.23. The van der Waals surface area contributed by atoms with Gasteiger partial charge in [-0.15, -0.1) is 0 Å². The monoisotopic (exact) mass is 332 g/mol. The first kappa shape index (κ1) is 15.1. The Morgan fingerprint density at radius 3 is 2.36 bits per heavy atom. The van der Waals surface area contributed by atoms with Gasteiger partial charge in [0.15, 0.2) is 0 Å². The Bertz CT molecular complexity index is 734. The van der Waals surface area contributed by atoms with E-state index in [2.05, 4.69) is 5.10 Å². The molecule has 3 nitrogen and oxygen atoms in total. The highest BCUT2D eigenvalue weighted by atomic mass is 35.5. The van der Waals surface area contributed by atoms with Crippen LogP contribution in [0.4, 0.5) is 0 Å². The molecular weight excluding hydrogens is 319 g/mol. The van der Waals surface area contributed by atoms with Gasteiger partial charge in [0, 0.05) is 22.0 Å². The molecule has 0 radical (unpaired) electrons. The number of nitrogens with zero attached hydrogens (tertiary/aromatic N) is 2. The van der Waals surface area contributed by atoms with Gasteiger partial charge in [0.2, 0.25) is 0 Å². The van der Waals surface area contributed by atoms with Gasteiger partial charge >= 0.3 is 0 Å². The van der Waals surface area contributed by atoms with Gasteiger partial charge in [-0.25, -0.2) is 5.01 Å². The van der Waals surface area contributed by atoms with Crippen molar-refractivity contribution < 1.29 is 4.79 Å². The molecule has 112 valence electrons. The predicted octanol–water partition coefficient (Wildman–Crippen LogP) is 4.55. The van der Waals surface area contributed by atoms with Crippen molar-refractivity contribution in [1.29, 1.82) is 0 Å². The van der Waals surface area contributed by atoms with E-state index in [0.29, 0.717) is 22.2 Å². The average Bonchev–Trinajstić information content (AvgIpc) is 2.96. The molecule has 22 heavy (non-hydrogen) atoms. The molecule has 1 aliphatic heterocycles. The van der Waals surface area contributed by atoms with E-state index in [1.54, 1.807) is 18.2 Å². The summed E-state index contributed by atoms with van der Waals surface area (Å²) in [4.78, 5) is 12.5. The zero-order valence-electron chi connectivity index (χ0n) is 12.0. The average molecular weight is 333 g/mol. The number of hydrogen-bond acceptors (Lipinski definition) is 2. The molecule has 0 unspecified atom stereocenters. The standard InChI is InChI=1S/C17H14Cl2N2O/c1-11-2-4-12(5-3-11)16-6-7-21(20-16)17(22)13-8-14(18)10-15(19)9-13/h2-5,8-10H,6-7H2,1H3. The van der Waals surface area contributed by atoms with Crippen molar-refractivity contribution >= 4 is 34.8 Å². The smallest absolute Gasteiger partial charge is 0.267 e. The van der Waals surface area contributed by atoms with E-state index >= 15 is 0 Å². The van der Waals surface area contributed by atoms with Gasteiger partial charge in [0.05, 0.1) is 12.3 Å². The molecule has 1 amide bonds. The summed E-state index contributed by atoms with van der Waals surface area (Å²) in [5.41, 5.74) is 3.61. The summed E-state index contributed by atoms with van der Waals surface area (Å²) in [6.07, 6.45) is 0.739. The van der Waals surface area contributed by atoms with Crippen LogP contribution in [-0.4, -0.2) is 23.2 Å². The first-order chi connectivity index (χ1) is 10.5. The number of benzene rings is 2. The Morgan fingerprint density at radius 1 is 1.09 bits per heavy atom. The van der Waals surface area contributed by atoms with Crippen LogP contribution in [0.3, 0.4) is 0 Å². The largest absolute Gasteiger partial charge is 0.274 e. The number of halogens is 2. The molecule has 0 N–H and O–H groups in total. The fourth-order valence-corrected chi connectivity index (χ4v) is 2.90. The maximum Gasteiger partial charge on any atom is 0.274 e. The van der Waals surface area contributed by atoms with Crippen molar-refractivity contribution in [3.8, 4) is 0 Å². The summed E-state index contributed by atoms with van der Waals surface area (Å²) < 4.78 is 0. The lowest BCUT2D eigenvalue weighted by Crippen LogP contribution is -2.23. The quantitative estimate of drug-likeness (QED) is 0.793. The first-order valence-electron chi connectivity index (χ1n) is 6.95. The van der Waals surface area contributed by atoms with E-state index in [1.807, 2.05) is 31.2 Å². The lowest BCUT2D eigenvalue weighted by Gasteiger charge is -2.11. The minimum Gasteiger partial charge on any atom is -0.267 e. The fourth-order valence-electron chi connectivity index (χ4n) is 2.38. The molecule has 1 heterocycles. The molecule has 0 atom stereocenters. The van der Waals surface area contributed by atoms with Gasteiger partial charge in [-0.05, 0) is 30.7 Å². The van der Waals surface area contributed by atoms with Crippen LogP contribution in [0.2, 0.25) is 10.0 Å². The normalized spacial score (nSPS) is 14.1. The summed E-state index contributed by atoms with van der Waals surface area (Å²) in [5.74, 6) is -0.188. The van der Waals surface area contributed by atoms with Crippen LogP contribution in [-0.2, 0) is 0 Å². The van der Waals surface area contributed by atoms with Crippen LogP contribution in [0, 0.1) is 6.92 Å². The number of amides is 1. The number of carbonyl (C=O) groups is 1. The van der Waals surface area contributed by atoms with Crippen LogP contribution >= 0.6 is 23.2 Å². The highest BCUT2D eigenvalue weighted by Crippen LogP contribution is 2.22. The maximum absolute atomic E-state index is 12.5. The lowest BCUT2D eigenvalue weighted by atomic mass is 10.1. The van der Waals surface area contributed by atoms with E-state index in [9.17, 15) is 4.79 Å². The number of hydrazone groups is 1. The Hall–Kier alpha value is -1.84. The molecule has 2 aromatic rings. The van der Waals surface area contributed by atoms with Crippen molar-refractivity contribution in [2.75, 3.05) is 6.54 Å². The molecule has 0 bridgehead atoms. The zero-order valence-corrected chi connectivity index (χ0v) is 13.5. The Labute approximate surface area is 139 Å². The van der Waals surface area contributed by atoms with Gasteiger partial charge in [-0.3, -0.25) is 4.79 Å². The Balaban J connectivity index is 1.84. The molecule has 5 heteroatoms. The van der Waals surface area contributed by atoms with E-state index in [0.717, 1.165) is 17.7 Å². The number of hydrogen-bond donors (Lipinski definition) is 0. The van der Waals surface area contributed by atoms with Gasteiger partial charge in [-0.1, -0.05) is 53.0 Å². The molecule has 2 aromatic carbocycles. The molecular formula is C17H14Cl2N2O. The summed E-state index contributed by atoms with van der Waals surface area (Å²) in [6, 6.07) is 12.9. The van der Waals surface area contributed by atoms with Crippen LogP contribution in [0.25, 0.3) is 0 Å². The summed E-state index contributed by atoms with van der Waals surface area (Å²) >= 11 is 11.9. The molecule has 0 spiro atoms. The summed E-state index contributed by atoms with van der Waals surface area (Å²) in [5, 5.41) is 6.79. The molecule has 1 aliphatic rings. The predicted molar refractivity (Wildman–Crippen MR) is 89.8 cm³/mol. The fraction of sp³-hybridized carbons (Fsp3) is 0.176. The molecule has 0 fully saturated rings. The van der Waals surface area contributed by atoms with Crippen LogP contribution < -0.4 is 0 Å².